The van der Waals surface area contributed by atoms with Gasteiger partial charge in [-0.1, -0.05) is 54.7 Å². The highest BCUT2D eigenvalue weighted by molar-refractivity contribution is 7.92. The average molecular weight is 563 g/mol. The van der Waals surface area contributed by atoms with E-state index in [1.54, 1.807) is 25.1 Å². The molecule has 0 aliphatic carbocycles. The molecule has 2 unspecified atom stereocenters. The lowest BCUT2D eigenvalue weighted by molar-refractivity contribution is -0.140. The average Bonchev–Trinajstić information content (AvgIpc) is 2.78. The molecule has 2 aromatic rings. The number of carbonyl (C=O) groups excluding carboxylic acids is 2. The molecule has 35 heavy (non-hydrogen) atoms. The highest BCUT2D eigenvalue weighted by Gasteiger charge is 2.32. The summed E-state index contributed by atoms with van der Waals surface area (Å²) in [5.74, 6) is -0.914. The molecule has 0 fully saturated rings. The van der Waals surface area contributed by atoms with E-state index in [-0.39, 0.29) is 24.2 Å². The summed E-state index contributed by atoms with van der Waals surface area (Å²) < 4.78 is 26.2. The van der Waals surface area contributed by atoms with Crippen LogP contribution in [0.2, 0.25) is 15.1 Å². The number of halogens is 3. The van der Waals surface area contributed by atoms with E-state index < -0.39 is 28.5 Å². The van der Waals surface area contributed by atoms with Crippen molar-refractivity contribution >= 4 is 62.3 Å². The molecule has 192 valence electrons. The van der Waals surface area contributed by atoms with Gasteiger partial charge in [0.15, 0.2) is 0 Å². The summed E-state index contributed by atoms with van der Waals surface area (Å²) >= 11 is 18.7. The molecular weight excluding hydrogens is 533 g/mol. The molecule has 2 atom stereocenters. The molecule has 0 heterocycles. The summed E-state index contributed by atoms with van der Waals surface area (Å²) in [6.07, 6.45) is 2.03. The zero-order valence-electron chi connectivity index (χ0n) is 20.1. The Hall–Kier alpha value is -2.00. The van der Waals surface area contributed by atoms with E-state index in [1.807, 2.05) is 13.8 Å². The first kappa shape index (κ1) is 29.2. The SMILES string of the molecule is CCC(C)NC(=O)C(CC)N(Cc1c(Cl)cccc1Cl)C(=O)CN(c1ccc(Cl)cc1)S(C)(=O)=O. The van der Waals surface area contributed by atoms with Crippen LogP contribution in [-0.4, -0.2) is 50.0 Å². The minimum absolute atomic E-state index is 0.0675. The van der Waals surface area contributed by atoms with Crippen LogP contribution >= 0.6 is 34.8 Å². The number of nitrogens with zero attached hydrogens (tertiary/aromatic N) is 2. The van der Waals surface area contributed by atoms with Crippen molar-refractivity contribution < 1.29 is 18.0 Å². The van der Waals surface area contributed by atoms with Gasteiger partial charge < -0.3 is 10.2 Å². The summed E-state index contributed by atoms with van der Waals surface area (Å²) in [5, 5.41) is 4.01. The third kappa shape index (κ3) is 8.00. The first-order valence-corrected chi connectivity index (χ1v) is 14.1. The summed E-state index contributed by atoms with van der Waals surface area (Å²) in [6.45, 7) is 5.00. The van der Waals surface area contributed by atoms with Crippen LogP contribution < -0.4 is 9.62 Å². The maximum atomic E-state index is 13.7. The van der Waals surface area contributed by atoms with Crippen LogP contribution in [0.3, 0.4) is 0 Å². The molecule has 2 aromatic carbocycles. The molecule has 7 nitrogen and oxygen atoms in total. The van der Waals surface area contributed by atoms with Gasteiger partial charge >= 0.3 is 0 Å². The Morgan fingerprint density at radius 2 is 1.54 bits per heavy atom. The molecule has 0 aliphatic rings. The van der Waals surface area contributed by atoms with E-state index in [0.717, 1.165) is 10.6 Å². The van der Waals surface area contributed by atoms with Gasteiger partial charge in [-0.2, -0.15) is 0 Å². The Bertz CT molecular complexity index is 1120. The first-order valence-electron chi connectivity index (χ1n) is 11.1. The van der Waals surface area contributed by atoms with Crippen molar-refractivity contribution in [2.45, 2.75) is 52.2 Å². The molecular formula is C24H30Cl3N3O4S. The fraction of sp³-hybridized carbons (Fsp3) is 0.417. The monoisotopic (exact) mass is 561 g/mol. The minimum atomic E-state index is -3.83. The molecule has 0 bridgehead atoms. The van der Waals surface area contributed by atoms with E-state index in [1.165, 1.54) is 29.2 Å². The molecule has 11 heteroatoms. The van der Waals surface area contributed by atoms with Crippen LogP contribution in [0.4, 0.5) is 5.69 Å². The zero-order chi connectivity index (χ0) is 26.3. The van der Waals surface area contributed by atoms with E-state index in [2.05, 4.69) is 5.32 Å². The molecule has 0 spiro atoms. The van der Waals surface area contributed by atoms with Gasteiger partial charge in [-0.3, -0.25) is 13.9 Å². The topological polar surface area (TPSA) is 86.8 Å². The number of benzene rings is 2. The molecule has 0 radical (unpaired) electrons. The number of amides is 2. The predicted molar refractivity (Wildman–Crippen MR) is 143 cm³/mol. The quantitative estimate of drug-likeness (QED) is 0.411. The van der Waals surface area contributed by atoms with E-state index in [0.29, 0.717) is 33.5 Å². The molecule has 0 saturated carbocycles. The highest BCUT2D eigenvalue weighted by atomic mass is 35.5. The van der Waals surface area contributed by atoms with Gasteiger partial charge in [-0.05, 0) is 56.2 Å². The predicted octanol–water partition coefficient (Wildman–Crippen LogP) is 5.13. The Kier molecular flexibility index (Phi) is 10.7. The summed E-state index contributed by atoms with van der Waals surface area (Å²) in [5.41, 5.74) is 0.745. The second-order valence-corrected chi connectivity index (χ2v) is 11.4. The van der Waals surface area contributed by atoms with Gasteiger partial charge in [-0.25, -0.2) is 8.42 Å². The number of rotatable bonds is 11. The fourth-order valence-corrected chi connectivity index (χ4v) is 4.93. The van der Waals surface area contributed by atoms with Gasteiger partial charge in [0.25, 0.3) is 0 Å². The third-order valence-electron chi connectivity index (χ3n) is 5.57. The molecule has 0 saturated heterocycles. The Labute approximate surface area is 222 Å². The Balaban J connectivity index is 2.49. The summed E-state index contributed by atoms with van der Waals surface area (Å²) in [4.78, 5) is 28.1. The van der Waals surface area contributed by atoms with Gasteiger partial charge in [0, 0.05) is 33.2 Å². The highest BCUT2D eigenvalue weighted by Crippen LogP contribution is 2.28. The Morgan fingerprint density at radius 1 is 0.971 bits per heavy atom. The second-order valence-electron chi connectivity index (χ2n) is 8.21. The van der Waals surface area contributed by atoms with Crippen molar-refractivity contribution in [1.29, 1.82) is 0 Å². The van der Waals surface area contributed by atoms with Crippen molar-refractivity contribution in [2.24, 2.45) is 0 Å². The smallest absolute Gasteiger partial charge is 0.244 e. The lowest BCUT2D eigenvalue weighted by Crippen LogP contribution is -2.53. The van der Waals surface area contributed by atoms with Crippen molar-refractivity contribution in [1.82, 2.24) is 10.2 Å². The fourth-order valence-electron chi connectivity index (χ4n) is 3.44. The maximum Gasteiger partial charge on any atom is 0.244 e. The third-order valence-corrected chi connectivity index (χ3v) is 7.67. The molecule has 0 aliphatic heterocycles. The van der Waals surface area contributed by atoms with Crippen LogP contribution in [0, 0.1) is 0 Å². The van der Waals surface area contributed by atoms with Crippen molar-refractivity contribution in [3.05, 3.63) is 63.1 Å². The molecule has 1 N–H and O–H groups in total. The summed E-state index contributed by atoms with van der Waals surface area (Å²) in [6, 6.07) is 10.1. The van der Waals surface area contributed by atoms with E-state index in [4.69, 9.17) is 34.8 Å². The lowest BCUT2D eigenvalue weighted by atomic mass is 10.1. The number of carbonyl (C=O) groups is 2. The second kappa shape index (κ2) is 12.8. The Morgan fingerprint density at radius 3 is 2.03 bits per heavy atom. The summed E-state index contributed by atoms with van der Waals surface area (Å²) in [7, 11) is -3.83. The number of anilines is 1. The van der Waals surface area contributed by atoms with Crippen LogP contribution in [-0.2, 0) is 26.2 Å². The van der Waals surface area contributed by atoms with Crippen LogP contribution in [0.5, 0.6) is 0 Å². The van der Waals surface area contributed by atoms with E-state index >= 15 is 0 Å². The molecule has 2 rings (SSSR count). The lowest BCUT2D eigenvalue weighted by Gasteiger charge is -2.33. The normalized spacial score (nSPS) is 13.1. The largest absolute Gasteiger partial charge is 0.352 e. The van der Waals surface area contributed by atoms with Gasteiger partial charge in [0.05, 0.1) is 11.9 Å². The van der Waals surface area contributed by atoms with Gasteiger partial charge in [0.1, 0.15) is 12.6 Å². The van der Waals surface area contributed by atoms with Crippen LogP contribution in [0.25, 0.3) is 0 Å². The number of sulfonamides is 1. The van der Waals surface area contributed by atoms with Gasteiger partial charge in [-0.15, -0.1) is 0 Å². The van der Waals surface area contributed by atoms with E-state index in [9.17, 15) is 18.0 Å². The first-order chi connectivity index (χ1) is 16.4. The number of hydrogen-bond donors (Lipinski definition) is 1. The number of nitrogens with one attached hydrogen (secondary N) is 1. The van der Waals surface area contributed by atoms with Gasteiger partial charge in [0.2, 0.25) is 21.8 Å². The number of hydrogen-bond acceptors (Lipinski definition) is 4. The zero-order valence-corrected chi connectivity index (χ0v) is 23.2. The van der Waals surface area contributed by atoms with Crippen molar-refractivity contribution in [3.8, 4) is 0 Å². The van der Waals surface area contributed by atoms with Crippen molar-refractivity contribution in [3.63, 3.8) is 0 Å². The van der Waals surface area contributed by atoms with Crippen LogP contribution in [0.1, 0.15) is 39.2 Å². The van der Waals surface area contributed by atoms with Crippen LogP contribution in [0.15, 0.2) is 42.5 Å². The minimum Gasteiger partial charge on any atom is -0.352 e. The van der Waals surface area contributed by atoms with Crippen molar-refractivity contribution in [2.75, 3.05) is 17.1 Å². The molecule has 0 aromatic heterocycles. The molecule has 2 amide bonds. The standard InChI is InChI=1S/C24H30Cl3N3O4S/c1-5-16(3)28-24(32)22(6-2)29(14-19-20(26)8-7-9-21(19)27)23(31)15-30(35(4,33)34)18-12-10-17(25)11-13-18/h7-13,16,22H,5-6,14-15H2,1-4H3,(H,28,32). The maximum absolute atomic E-state index is 13.7.